The molecule has 0 saturated heterocycles. The summed E-state index contributed by atoms with van der Waals surface area (Å²) in [6.45, 7) is 0.237. The van der Waals surface area contributed by atoms with Gasteiger partial charge in [-0.25, -0.2) is 26.5 Å². The second-order valence-electron chi connectivity index (χ2n) is 5.40. The zero-order valence-electron chi connectivity index (χ0n) is 11.7. The fourth-order valence-corrected chi connectivity index (χ4v) is 4.46. The topological polar surface area (TPSA) is 119 Å². The third-order valence-electron chi connectivity index (χ3n) is 3.70. The van der Waals surface area contributed by atoms with Crippen LogP contribution in [-0.4, -0.2) is 40.2 Å². The SMILES string of the molecule is CS(=O)(=O)c1ccc(S(=O)(=O)NC2(CN)CCCC2)cn1. The summed E-state index contributed by atoms with van der Waals surface area (Å²) in [5, 5.41) is -0.157. The summed E-state index contributed by atoms with van der Waals surface area (Å²) in [5.41, 5.74) is 5.11. The van der Waals surface area contributed by atoms with Gasteiger partial charge in [0.1, 0.15) is 4.90 Å². The molecule has 1 aliphatic carbocycles. The van der Waals surface area contributed by atoms with Crippen molar-refractivity contribution in [2.24, 2.45) is 5.73 Å². The Hall–Kier alpha value is -1.03. The highest BCUT2D eigenvalue weighted by atomic mass is 32.2. The summed E-state index contributed by atoms with van der Waals surface area (Å²) in [7, 11) is -7.21. The second kappa shape index (κ2) is 5.64. The molecule has 9 heteroatoms. The molecule has 0 atom stereocenters. The summed E-state index contributed by atoms with van der Waals surface area (Å²) in [4.78, 5) is 3.64. The first-order valence-electron chi connectivity index (χ1n) is 6.59. The monoisotopic (exact) mass is 333 g/mol. The van der Waals surface area contributed by atoms with Gasteiger partial charge in [0.2, 0.25) is 10.0 Å². The van der Waals surface area contributed by atoms with Gasteiger partial charge in [-0.2, -0.15) is 0 Å². The first-order chi connectivity index (χ1) is 9.69. The van der Waals surface area contributed by atoms with Gasteiger partial charge in [-0.15, -0.1) is 0 Å². The van der Waals surface area contributed by atoms with E-state index < -0.39 is 25.4 Å². The second-order valence-corrected chi connectivity index (χ2v) is 9.05. The first kappa shape index (κ1) is 16.3. The molecule has 3 N–H and O–H groups in total. The Morgan fingerprint density at radius 3 is 2.29 bits per heavy atom. The average Bonchev–Trinajstić information content (AvgIpc) is 2.86. The summed E-state index contributed by atoms with van der Waals surface area (Å²) >= 11 is 0. The van der Waals surface area contributed by atoms with Crippen molar-refractivity contribution in [3.8, 4) is 0 Å². The van der Waals surface area contributed by atoms with Gasteiger partial charge in [0.05, 0.1) is 0 Å². The minimum atomic E-state index is -3.76. The molecule has 1 heterocycles. The van der Waals surface area contributed by atoms with Gasteiger partial charge in [-0.1, -0.05) is 12.8 Å². The number of nitrogens with one attached hydrogen (secondary N) is 1. The van der Waals surface area contributed by atoms with E-state index in [4.69, 9.17) is 5.73 Å². The molecule has 0 unspecified atom stereocenters. The molecule has 0 aromatic carbocycles. The van der Waals surface area contributed by atoms with E-state index in [9.17, 15) is 16.8 Å². The van der Waals surface area contributed by atoms with Crippen molar-refractivity contribution in [2.75, 3.05) is 12.8 Å². The molecule has 0 spiro atoms. The van der Waals surface area contributed by atoms with E-state index in [1.165, 1.54) is 12.1 Å². The lowest BCUT2D eigenvalue weighted by atomic mass is 10.0. The van der Waals surface area contributed by atoms with Crippen LogP contribution in [0.4, 0.5) is 0 Å². The van der Waals surface area contributed by atoms with Crippen molar-refractivity contribution in [3.63, 3.8) is 0 Å². The molecule has 21 heavy (non-hydrogen) atoms. The van der Waals surface area contributed by atoms with E-state index >= 15 is 0 Å². The molecule has 0 bridgehead atoms. The van der Waals surface area contributed by atoms with Crippen LogP contribution in [0, 0.1) is 0 Å². The van der Waals surface area contributed by atoms with E-state index in [-0.39, 0.29) is 16.5 Å². The van der Waals surface area contributed by atoms with Crippen LogP contribution in [0.15, 0.2) is 28.3 Å². The number of hydrogen-bond acceptors (Lipinski definition) is 6. The minimum absolute atomic E-state index is 0.0605. The quantitative estimate of drug-likeness (QED) is 0.785. The highest BCUT2D eigenvalue weighted by Gasteiger charge is 2.36. The maximum absolute atomic E-state index is 12.4. The Morgan fingerprint density at radius 1 is 1.24 bits per heavy atom. The van der Waals surface area contributed by atoms with Crippen LogP contribution in [0.1, 0.15) is 25.7 Å². The highest BCUT2D eigenvalue weighted by molar-refractivity contribution is 7.90. The van der Waals surface area contributed by atoms with Gasteiger partial charge < -0.3 is 5.73 Å². The average molecular weight is 333 g/mol. The Labute approximate surface area is 124 Å². The molecule has 1 aromatic heterocycles. The number of rotatable bonds is 5. The molecular weight excluding hydrogens is 314 g/mol. The van der Waals surface area contributed by atoms with Crippen LogP contribution >= 0.6 is 0 Å². The van der Waals surface area contributed by atoms with Crippen LogP contribution < -0.4 is 10.5 Å². The lowest BCUT2D eigenvalue weighted by Crippen LogP contribution is -2.51. The Kier molecular flexibility index (Phi) is 4.39. The van der Waals surface area contributed by atoms with Gasteiger partial charge >= 0.3 is 0 Å². The minimum Gasteiger partial charge on any atom is -0.329 e. The van der Waals surface area contributed by atoms with Gasteiger partial charge in [0, 0.05) is 24.5 Å². The molecule has 1 aromatic rings. The fraction of sp³-hybridized carbons (Fsp3) is 0.583. The molecule has 0 radical (unpaired) electrons. The summed E-state index contributed by atoms with van der Waals surface area (Å²) in [6.07, 6.45) is 5.35. The van der Waals surface area contributed by atoms with Crippen molar-refractivity contribution in [2.45, 2.75) is 41.1 Å². The predicted octanol–water partition coefficient (Wildman–Crippen LogP) is 0.0349. The molecule has 1 aliphatic rings. The van der Waals surface area contributed by atoms with Gasteiger partial charge in [0.15, 0.2) is 14.9 Å². The Bertz CT molecular complexity index is 705. The predicted molar refractivity (Wildman–Crippen MR) is 77.9 cm³/mol. The molecule has 118 valence electrons. The molecule has 1 fully saturated rings. The summed E-state index contributed by atoms with van der Waals surface area (Å²) in [5.74, 6) is 0. The molecule has 0 amide bonds. The van der Waals surface area contributed by atoms with Crippen LogP contribution in [0.2, 0.25) is 0 Å². The number of aromatic nitrogens is 1. The van der Waals surface area contributed by atoms with Gasteiger partial charge in [0.25, 0.3) is 0 Å². The normalized spacial score (nSPS) is 18.8. The van der Waals surface area contributed by atoms with Crippen LogP contribution in [0.25, 0.3) is 0 Å². The Balaban J connectivity index is 2.28. The number of nitrogens with zero attached hydrogens (tertiary/aromatic N) is 1. The van der Waals surface area contributed by atoms with Crippen molar-refractivity contribution in [1.29, 1.82) is 0 Å². The first-order valence-corrected chi connectivity index (χ1v) is 9.96. The number of nitrogens with two attached hydrogens (primary N) is 1. The smallest absolute Gasteiger partial charge is 0.242 e. The zero-order valence-corrected chi connectivity index (χ0v) is 13.4. The Morgan fingerprint density at radius 2 is 1.86 bits per heavy atom. The van der Waals surface area contributed by atoms with Crippen LogP contribution in [-0.2, 0) is 19.9 Å². The third-order valence-corrected chi connectivity index (χ3v) is 6.27. The third kappa shape index (κ3) is 3.60. The maximum Gasteiger partial charge on any atom is 0.242 e. The molecule has 7 nitrogen and oxygen atoms in total. The van der Waals surface area contributed by atoms with E-state index in [1.807, 2.05) is 0 Å². The van der Waals surface area contributed by atoms with E-state index in [1.54, 1.807) is 0 Å². The van der Waals surface area contributed by atoms with Crippen molar-refractivity contribution in [1.82, 2.24) is 9.71 Å². The molecule has 2 rings (SSSR count). The van der Waals surface area contributed by atoms with E-state index in [0.717, 1.165) is 25.3 Å². The van der Waals surface area contributed by atoms with Crippen molar-refractivity contribution >= 4 is 19.9 Å². The summed E-state index contributed by atoms with van der Waals surface area (Å²) < 4.78 is 50.0. The van der Waals surface area contributed by atoms with Gasteiger partial charge in [-0.05, 0) is 25.0 Å². The lowest BCUT2D eigenvalue weighted by molar-refractivity contribution is 0.399. The zero-order chi connectivity index (χ0) is 15.7. The van der Waals surface area contributed by atoms with Crippen LogP contribution in [0.3, 0.4) is 0 Å². The van der Waals surface area contributed by atoms with E-state index in [0.29, 0.717) is 12.8 Å². The number of sulfonamides is 1. The maximum atomic E-state index is 12.4. The van der Waals surface area contributed by atoms with Crippen LogP contribution in [0.5, 0.6) is 0 Å². The van der Waals surface area contributed by atoms with Gasteiger partial charge in [-0.3, -0.25) is 0 Å². The van der Waals surface area contributed by atoms with Crippen molar-refractivity contribution < 1.29 is 16.8 Å². The highest BCUT2D eigenvalue weighted by Crippen LogP contribution is 2.30. The number of sulfone groups is 1. The molecule has 1 saturated carbocycles. The van der Waals surface area contributed by atoms with E-state index in [2.05, 4.69) is 9.71 Å². The fourth-order valence-electron chi connectivity index (χ4n) is 2.49. The lowest BCUT2D eigenvalue weighted by Gasteiger charge is -2.28. The van der Waals surface area contributed by atoms with Crippen molar-refractivity contribution in [3.05, 3.63) is 18.3 Å². The largest absolute Gasteiger partial charge is 0.329 e. The number of pyridine rings is 1. The standard InChI is InChI=1S/C12H19N3O4S2/c1-20(16,17)11-5-4-10(8-14-11)21(18,19)15-12(9-13)6-2-3-7-12/h4-5,8,15H,2-3,6-7,9,13H2,1H3. The summed E-state index contributed by atoms with van der Waals surface area (Å²) in [6, 6.07) is 2.43. The molecular formula is C12H19N3O4S2. The number of hydrogen-bond donors (Lipinski definition) is 2. The molecule has 0 aliphatic heterocycles.